The van der Waals surface area contributed by atoms with E-state index in [1.165, 1.54) is 6.92 Å². The van der Waals surface area contributed by atoms with Crippen LogP contribution in [0.4, 0.5) is 0 Å². The van der Waals surface area contributed by atoms with E-state index >= 15 is 0 Å². The zero-order valence-electron chi connectivity index (χ0n) is 19.3. The number of ether oxygens (including phenoxy) is 4. The maximum atomic E-state index is 11.3. The van der Waals surface area contributed by atoms with Crippen molar-refractivity contribution in [1.29, 1.82) is 0 Å². The summed E-state index contributed by atoms with van der Waals surface area (Å²) in [5.74, 6) is -0.120. The van der Waals surface area contributed by atoms with Crippen LogP contribution in [0.3, 0.4) is 0 Å². The molecule has 0 fully saturated rings. The van der Waals surface area contributed by atoms with Crippen LogP contribution in [0.5, 0.6) is 0 Å². The van der Waals surface area contributed by atoms with Crippen molar-refractivity contribution in [3.8, 4) is 0 Å². The van der Waals surface area contributed by atoms with Crippen molar-refractivity contribution in [1.82, 2.24) is 0 Å². The third kappa shape index (κ3) is 12.9. The van der Waals surface area contributed by atoms with Gasteiger partial charge in [0.25, 0.3) is 0 Å². The van der Waals surface area contributed by atoms with E-state index in [2.05, 4.69) is 6.92 Å². The van der Waals surface area contributed by atoms with Gasteiger partial charge < -0.3 is 18.9 Å². The summed E-state index contributed by atoms with van der Waals surface area (Å²) in [5, 5.41) is 0. The molecule has 0 aliphatic heterocycles. The molecule has 0 aromatic heterocycles. The second-order valence-corrected chi connectivity index (χ2v) is 7.71. The van der Waals surface area contributed by atoms with Crippen molar-refractivity contribution in [3.63, 3.8) is 0 Å². The molecule has 31 heavy (non-hydrogen) atoms. The molecule has 172 valence electrons. The van der Waals surface area contributed by atoms with Crippen molar-refractivity contribution >= 4 is 11.8 Å². The number of allylic oxidation sites excluding steroid dienone is 1. The van der Waals surface area contributed by atoms with E-state index < -0.39 is 0 Å². The highest BCUT2D eigenvalue weighted by Gasteiger charge is 2.20. The van der Waals surface area contributed by atoms with Crippen LogP contribution in [-0.4, -0.2) is 44.5 Å². The van der Waals surface area contributed by atoms with E-state index in [1.807, 2.05) is 55.5 Å². The maximum absolute atomic E-state index is 11.3. The Bertz CT molecular complexity index is 710. The van der Waals surface area contributed by atoms with Gasteiger partial charge in [-0.2, -0.15) is 0 Å². The van der Waals surface area contributed by atoms with E-state index in [-0.39, 0.29) is 43.3 Å². The predicted molar refractivity (Wildman–Crippen MR) is 120 cm³/mol. The van der Waals surface area contributed by atoms with E-state index in [0.717, 1.165) is 11.1 Å². The van der Waals surface area contributed by atoms with Crippen LogP contribution < -0.4 is 0 Å². The molecule has 3 atom stereocenters. The van der Waals surface area contributed by atoms with Crippen molar-refractivity contribution < 1.29 is 28.5 Å². The van der Waals surface area contributed by atoms with Crippen LogP contribution in [0.25, 0.3) is 0 Å². The Hall–Kier alpha value is -2.28. The molecule has 0 amide bonds. The molecule has 0 radical (unpaired) electrons. The standard InChI is InChI=1S/C25H36O6/c1-19(16-29-22(4)27)14-24(30-17-23-11-7-6-8-12-23)15-20(2)25(31-18-28-5)13-9-10-21(3)26/h6-9,11-14,20,24-25H,10,15-18H2,1-5H3/b13-9+,19-14+/t20-,24-,25?/m0/s1. The fourth-order valence-electron chi connectivity index (χ4n) is 2.97. The Morgan fingerprint density at radius 2 is 1.77 bits per heavy atom. The van der Waals surface area contributed by atoms with Gasteiger partial charge >= 0.3 is 5.97 Å². The van der Waals surface area contributed by atoms with E-state index in [4.69, 9.17) is 18.9 Å². The largest absolute Gasteiger partial charge is 0.461 e. The zero-order valence-corrected chi connectivity index (χ0v) is 19.3. The molecule has 0 aliphatic carbocycles. The fraction of sp³-hybridized carbons (Fsp3) is 0.520. The van der Waals surface area contributed by atoms with Crippen molar-refractivity contribution in [3.05, 3.63) is 59.7 Å². The molecule has 0 heterocycles. The normalized spacial score (nSPS) is 14.9. The quantitative estimate of drug-likeness (QED) is 0.229. The smallest absolute Gasteiger partial charge is 0.302 e. The number of hydrogen-bond donors (Lipinski definition) is 0. The minimum Gasteiger partial charge on any atom is -0.461 e. The highest BCUT2D eigenvalue weighted by atomic mass is 16.7. The summed E-state index contributed by atoms with van der Waals surface area (Å²) in [6.07, 6.45) is 6.38. The van der Waals surface area contributed by atoms with Gasteiger partial charge in [-0.3, -0.25) is 9.59 Å². The summed E-state index contributed by atoms with van der Waals surface area (Å²) in [4.78, 5) is 22.4. The number of carbonyl (C=O) groups excluding carboxylic acids is 2. The number of hydrogen-bond acceptors (Lipinski definition) is 6. The Labute approximate surface area is 186 Å². The third-order valence-electron chi connectivity index (χ3n) is 4.55. The van der Waals surface area contributed by atoms with Gasteiger partial charge in [-0.1, -0.05) is 55.5 Å². The van der Waals surface area contributed by atoms with Crippen LogP contribution in [0, 0.1) is 5.92 Å². The summed E-state index contributed by atoms with van der Waals surface area (Å²) in [6, 6.07) is 9.96. The first-order valence-electron chi connectivity index (χ1n) is 10.5. The lowest BCUT2D eigenvalue weighted by Crippen LogP contribution is -2.26. The average molecular weight is 433 g/mol. The Kier molecular flexibility index (Phi) is 13.4. The monoisotopic (exact) mass is 432 g/mol. The number of ketones is 1. The SMILES string of the molecule is COCOC(/C=C/CC(C)=O)[C@@H](C)C[C@H](/C=C(\C)COC(C)=O)OCc1ccccc1. The molecular formula is C25H36O6. The highest BCUT2D eigenvalue weighted by Crippen LogP contribution is 2.21. The molecular weight excluding hydrogens is 396 g/mol. The number of rotatable bonds is 15. The van der Waals surface area contributed by atoms with Crippen LogP contribution in [-0.2, 0) is 35.1 Å². The van der Waals surface area contributed by atoms with Gasteiger partial charge in [0.15, 0.2) is 0 Å². The fourth-order valence-corrected chi connectivity index (χ4v) is 2.97. The van der Waals surface area contributed by atoms with Gasteiger partial charge in [0.05, 0.1) is 18.8 Å². The van der Waals surface area contributed by atoms with E-state index in [0.29, 0.717) is 19.4 Å². The zero-order chi connectivity index (χ0) is 23.1. The van der Waals surface area contributed by atoms with Crippen LogP contribution in [0.2, 0.25) is 0 Å². The summed E-state index contributed by atoms with van der Waals surface area (Å²) in [5.41, 5.74) is 2.00. The summed E-state index contributed by atoms with van der Waals surface area (Å²) in [7, 11) is 1.58. The van der Waals surface area contributed by atoms with Crippen LogP contribution >= 0.6 is 0 Å². The van der Waals surface area contributed by atoms with Crippen LogP contribution in [0.1, 0.15) is 46.1 Å². The molecule has 6 nitrogen and oxygen atoms in total. The summed E-state index contributed by atoms with van der Waals surface area (Å²) < 4.78 is 22.2. The number of esters is 1. The first kappa shape index (κ1) is 26.8. The second-order valence-electron chi connectivity index (χ2n) is 7.71. The first-order chi connectivity index (χ1) is 14.8. The Balaban J connectivity index is 2.88. The molecule has 0 bridgehead atoms. The lowest BCUT2D eigenvalue weighted by Gasteiger charge is -2.25. The lowest BCUT2D eigenvalue weighted by atomic mass is 9.95. The highest BCUT2D eigenvalue weighted by molar-refractivity contribution is 5.76. The van der Waals surface area contributed by atoms with Gasteiger partial charge in [0.2, 0.25) is 0 Å². The molecule has 6 heteroatoms. The van der Waals surface area contributed by atoms with E-state index in [1.54, 1.807) is 14.0 Å². The number of methoxy groups -OCH3 is 1. The molecule has 0 N–H and O–H groups in total. The lowest BCUT2D eigenvalue weighted by molar-refractivity contribution is -0.140. The van der Waals surface area contributed by atoms with Gasteiger partial charge in [0.1, 0.15) is 19.2 Å². The van der Waals surface area contributed by atoms with Gasteiger partial charge in [0, 0.05) is 20.5 Å². The second kappa shape index (κ2) is 15.5. The molecule has 1 aromatic carbocycles. The Morgan fingerprint density at radius 3 is 2.39 bits per heavy atom. The van der Waals surface area contributed by atoms with Crippen LogP contribution in [0.15, 0.2) is 54.1 Å². The average Bonchev–Trinajstić information content (AvgIpc) is 2.73. The molecule has 0 spiro atoms. The molecule has 1 unspecified atom stereocenters. The van der Waals surface area contributed by atoms with Gasteiger partial charge in [-0.25, -0.2) is 0 Å². The molecule has 0 aliphatic rings. The van der Waals surface area contributed by atoms with Gasteiger partial charge in [-0.05, 0) is 37.3 Å². The molecule has 1 rings (SSSR count). The van der Waals surface area contributed by atoms with Crippen molar-refractivity contribution in [2.45, 2.75) is 59.4 Å². The Morgan fingerprint density at radius 1 is 1.06 bits per heavy atom. The summed E-state index contributed by atoms with van der Waals surface area (Å²) >= 11 is 0. The minimum absolute atomic E-state index is 0.0944. The summed E-state index contributed by atoms with van der Waals surface area (Å²) in [6.45, 7) is 7.81. The van der Waals surface area contributed by atoms with Gasteiger partial charge in [-0.15, -0.1) is 0 Å². The number of carbonyl (C=O) groups is 2. The third-order valence-corrected chi connectivity index (χ3v) is 4.55. The van der Waals surface area contributed by atoms with E-state index in [9.17, 15) is 9.59 Å². The predicted octanol–water partition coefficient (Wildman–Crippen LogP) is 4.63. The number of Topliss-reactive ketones (excluding diaryl/α,β-unsaturated/α-hetero) is 1. The maximum Gasteiger partial charge on any atom is 0.302 e. The first-order valence-corrected chi connectivity index (χ1v) is 10.5. The minimum atomic E-state index is -0.313. The molecule has 0 saturated heterocycles. The van der Waals surface area contributed by atoms with Crippen molar-refractivity contribution in [2.24, 2.45) is 5.92 Å². The van der Waals surface area contributed by atoms with Crippen molar-refractivity contribution in [2.75, 3.05) is 20.5 Å². The molecule has 1 aromatic rings. The molecule has 0 saturated carbocycles. The number of benzene rings is 1. The topological polar surface area (TPSA) is 71.1 Å².